The molecule has 0 aromatic heterocycles. The van der Waals surface area contributed by atoms with Crippen molar-refractivity contribution in [2.45, 2.75) is 0 Å². The third-order valence-electron chi connectivity index (χ3n) is 0.205. The van der Waals surface area contributed by atoms with Crippen LogP contribution in [0.2, 0.25) is 0 Å². The van der Waals surface area contributed by atoms with Crippen molar-refractivity contribution in [3.05, 3.63) is 0 Å². The van der Waals surface area contributed by atoms with Crippen molar-refractivity contribution in [2.24, 2.45) is 0 Å². The number of rotatable bonds is 2. The van der Waals surface area contributed by atoms with E-state index in [-0.39, 0.29) is 0 Å². The summed E-state index contributed by atoms with van der Waals surface area (Å²) in [5, 5.41) is 0. The molecule has 0 saturated heterocycles. The summed E-state index contributed by atoms with van der Waals surface area (Å²) in [5.41, 5.74) is 0. The van der Waals surface area contributed by atoms with E-state index in [0.717, 1.165) is 4.13 Å². The average Bonchev–Trinajstić information content (AvgIpc) is 1.14. The van der Waals surface area contributed by atoms with Crippen LogP contribution < -0.4 is 4.13 Å². The Bertz CT molecular complexity index is 240. The molecule has 0 fully saturated rings. The van der Waals surface area contributed by atoms with Crippen molar-refractivity contribution in [3.63, 3.8) is 0 Å². The Morgan fingerprint density at radius 1 is 1.22 bits per heavy atom. The highest BCUT2D eigenvalue weighted by atomic mass is 35.7. The van der Waals surface area contributed by atoms with Crippen LogP contribution >= 0.6 is 10.7 Å². The summed E-state index contributed by atoms with van der Waals surface area (Å²) in [6.45, 7) is 0. The molecule has 9 heavy (non-hydrogen) atoms. The van der Waals surface area contributed by atoms with Gasteiger partial charge < -0.3 is 0 Å². The molecule has 56 valence electrons. The van der Waals surface area contributed by atoms with Crippen LogP contribution in [0.15, 0.2) is 0 Å². The molecule has 0 unspecified atom stereocenters. The molecule has 0 saturated carbocycles. The van der Waals surface area contributed by atoms with Gasteiger partial charge in [-0.25, -0.2) is 0 Å². The van der Waals surface area contributed by atoms with Gasteiger partial charge in [-0.15, -0.1) is 0 Å². The Morgan fingerprint density at radius 2 is 1.56 bits per heavy atom. The fraction of sp³-hybridized carbons (Fsp3) is 0. The summed E-state index contributed by atoms with van der Waals surface area (Å²) < 4.78 is 47.3. The molecule has 0 aliphatic rings. The predicted molar refractivity (Wildman–Crippen MR) is 29.5 cm³/mol. The van der Waals surface area contributed by atoms with Gasteiger partial charge in [-0.1, -0.05) is 4.13 Å². The van der Waals surface area contributed by atoms with Crippen molar-refractivity contribution in [1.29, 1.82) is 0 Å². The third-order valence-corrected chi connectivity index (χ3v) is 2.41. The quantitative estimate of drug-likeness (QED) is 0.429. The van der Waals surface area contributed by atoms with Crippen LogP contribution in [-0.2, 0) is 19.5 Å². The number of hydrogen-bond acceptors (Lipinski definition) is 4. The molecule has 0 bridgehead atoms. The first kappa shape index (κ1) is 9.11. The van der Waals surface area contributed by atoms with Gasteiger partial charge in [0.25, 0.3) is 0 Å². The fourth-order valence-electron chi connectivity index (χ4n) is 0.126. The fourth-order valence-corrected chi connectivity index (χ4v) is 1.85. The topological polar surface area (TPSA) is 101 Å². The van der Waals surface area contributed by atoms with Gasteiger partial charge in [0.15, 0.2) is 0 Å². The monoisotopic (exact) mass is 195 g/mol. The van der Waals surface area contributed by atoms with Gasteiger partial charge in [-0.2, -0.15) is 16.8 Å². The van der Waals surface area contributed by atoms with Crippen molar-refractivity contribution in [1.82, 2.24) is 4.13 Å². The Morgan fingerprint density at radius 3 is 1.56 bits per heavy atom. The van der Waals surface area contributed by atoms with Gasteiger partial charge in [0.2, 0.25) is 0 Å². The second-order valence-electron chi connectivity index (χ2n) is 0.996. The second kappa shape index (κ2) is 2.39. The molecule has 0 spiro atoms. The summed E-state index contributed by atoms with van der Waals surface area (Å²) in [6.07, 6.45) is 0. The van der Waals surface area contributed by atoms with Gasteiger partial charge in [0.05, 0.1) is 0 Å². The van der Waals surface area contributed by atoms with Crippen molar-refractivity contribution in [2.75, 3.05) is 0 Å². The number of halogens is 1. The van der Waals surface area contributed by atoms with E-state index >= 15 is 0 Å². The summed E-state index contributed by atoms with van der Waals surface area (Å²) in [5.74, 6) is 0. The molecule has 0 radical (unpaired) electrons. The van der Waals surface area contributed by atoms with Crippen LogP contribution in [0.3, 0.4) is 0 Å². The molecule has 0 aromatic rings. The lowest BCUT2D eigenvalue weighted by Gasteiger charge is -1.90. The molecular formula is H2ClNO5S2. The molecule has 0 aromatic carbocycles. The molecule has 0 heterocycles. The smallest absolute Gasteiger partial charge is 0.273 e. The summed E-state index contributed by atoms with van der Waals surface area (Å²) in [6, 6.07) is 0. The maximum absolute atomic E-state index is 9.76. The minimum Gasteiger partial charge on any atom is -0.273 e. The van der Waals surface area contributed by atoms with E-state index in [1.807, 2.05) is 0 Å². The first-order chi connectivity index (χ1) is 3.71. The summed E-state index contributed by atoms with van der Waals surface area (Å²) in [4.78, 5) is 0. The normalized spacial score (nSPS) is 13.6. The van der Waals surface area contributed by atoms with Crippen molar-refractivity contribution in [3.8, 4) is 0 Å². The van der Waals surface area contributed by atoms with Crippen LogP contribution in [0.1, 0.15) is 0 Å². The predicted octanol–water partition coefficient (Wildman–Crippen LogP) is -1.14. The van der Waals surface area contributed by atoms with E-state index in [2.05, 4.69) is 10.7 Å². The van der Waals surface area contributed by atoms with Crippen LogP contribution in [0.25, 0.3) is 0 Å². The Labute approximate surface area is 56.3 Å². The Balaban J connectivity index is 4.46. The second-order valence-corrected chi connectivity index (χ2v) is 4.71. The van der Waals surface area contributed by atoms with Crippen molar-refractivity contribution < 1.29 is 21.4 Å². The van der Waals surface area contributed by atoms with E-state index in [4.69, 9.17) is 4.55 Å². The highest BCUT2D eigenvalue weighted by molar-refractivity contribution is 8.17. The molecule has 9 heteroatoms. The molecule has 0 rings (SSSR count). The first-order valence-electron chi connectivity index (χ1n) is 1.41. The molecule has 0 atom stereocenters. The SMILES string of the molecule is O=S(=O)(O)NS(=O)(=O)Cl. The minimum atomic E-state index is -4.75. The summed E-state index contributed by atoms with van der Waals surface area (Å²) in [7, 11) is -4.81. The zero-order valence-electron chi connectivity index (χ0n) is 3.77. The molecule has 6 nitrogen and oxygen atoms in total. The summed E-state index contributed by atoms with van der Waals surface area (Å²) >= 11 is 0. The molecule has 0 aliphatic carbocycles. The minimum absolute atomic E-state index is 0.724. The van der Waals surface area contributed by atoms with Crippen LogP contribution in [0, 0.1) is 0 Å². The van der Waals surface area contributed by atoms with E-state index in [0.29, 0.717) is 0 Å². The van der Waals surface area contributed by atoms with E-state index in [9.17, 15) is 16.8 Å². The van der Waals surface area contributed by atoms with E-state index < -0.39 is 19.5 Å². The zero-order chi connectivity index (χ0) is 7.71. The van der Waals surface area contributed by atoms with Gasteiger partial charge in [0, 0.05) is 10.7 Å². The first-order valence-corrected chi connectivity index (χ1v) is 5.16. The van der Waals surface area contributed by atoms with Gasteiger partial charge in [-0.05, 0) is 0 Å². The van der Waals surface area contributed by atoms with Crippen molar-refractivity contribution >= 4 is 30.2 Å². The average molecular weight is 196 g/mol. The molecular weight excluding hydrogens is 194 g/mol. The van der Waals surface area contributed by atoms with Crippen LogP contribution in [0.5, 0.6) is 0 Å². The van der Waals surface area contributed by atoms with E-state index in [1.165, 1.54) is 0 Å². The molecule has 0 amide bonds. The zero-order valence-corrected chi connectivity index (χ0v) is 6.16. The molecule has 2 N–H and O–H groups in total. The number of nitrogens with one attached hydrogen (secondary N) is 1. The lowest BCUT2D eigenvalue weighted by Crippen LogP contribution is -2.25. The highest BCUT2D eigenvalue weighted by Gasteiger charge is 2.13. The maximum Gasteiger partial charge on any atom is 0.347 e. The number of hydrogen-bond donors (Lipinski definition) is 2. The lowest BCUT2D eigenvalue weighted by atomic mass is 13.9. The highest BCUT2D eigenvalue weighted by Crippen LogP contribution is 1.90. The van der Waals surface area contributed by atoms with E-state index in [1.54, 1.807) is 0 Å². The maximum atomic E-state index is 9.76. The largest absolute Gasteiger partial charge is 0.347 e. The lowest BCUT2D eigenvalue weighted by molar-refractivity contribution is 0.478. The van der Waals surface area contributed by atoms with Crippen LogP contribution in [0.4, 0.5) is 0 Å². The Kier molecular flexibility index (Phi) is 2.41. The standard InChI is InChI=1S/ClH2NO5S2/c1-8(3,4)2-9(5,6)7/h2H,(H,5,6,7). The Hall–Kier alpha value is 0.110. The molecule has 0 aliphatic heterocycles. The third kappa shape index (κ3) is 8.11. The van der Waals surface area contributed by atoms with Gasteiger partial charge in [-0.3, -0.25) is 4.55 Å². The van der Waals surface area contributed by atoms with Crippen LogP contribution in [-0.4, -0.2) is 21.4 Å². The van der Waals surface area contributed by atoms with Gasteiger partial charge in [0.1, 0.15) is 0 Å². The van der Waals surface area contributed by atoms with Gasteiger partial charge >= 0.3 is 19.5 Å².